The minimum atomic E-state index is -3.50. The first-order valence-corrected chi connectivity index (χ1v) is 9.91. The van der Waals surface area contributed by atoms with E-state index in [1.54, 1.807) is 24.3 Å². The second kappa shape index (κ2) is 7.29. The zero-order chi connectivity index (χ0) is 18.7. The molecular weight excluding hydrogens is 354 g/mol. The molecule has 1 aliphatic rings. The van der Waals surface area contributed by atoms with Crippen molar-refractivity contribution in [2.24, 2.45) is 5.92 Å². The molecule has 2 aromatic rings. The van der Waals surface area contributed by atoms with Crippen LogP contribution in [0.25, 0.3) is 0 Å². The maximum atomic E-state index is 12.5. The lowest BCUT2D eigenvalue weighted by molar-refractivity contribution is -0.141. The highest BCUT2D eigenvalue weighted by atomic mass is 32.2. The molecule has 0 bridgehead atoms. The van der Waals surface area contributed by atoms with Crippen molar-refractivity contribution in [1.29, 1.82) is 0 Å². The summed E-state index contributed by atoms with van der Waals surface area (Å²) < 4.78 is 25.0. The van der Waals surface area contributed by atoms with Crippen molar-refractivity contribution in [2.75, 3.05) is 13.1 Å². The maximum Gasteiger partial charge on any atom is 0.308 e. The topological polar surface area (TPSA) is 91.8 Å². The van der Waals surface area contributed by atoms with Crippen LogP contribution in [0, 0.1) is 5.92 Å². The first kappa shape index (κ1) is 18.1. The van der Waals surface area contributed by atoms with E-state index in [0.29, 0.717) is 24.1 Å². The Balaban J connectivity index is 1.72. The monoisotopic (exact) mass is 373 g/mol. The van der Waals surface area contributed by atoms with E-state index in [2.05, 4.69) is 0 Å². The molecule has 0 unspecified atom stereocenters. The normalized spacial score (nSPS) is 17.2. The molecule has 2 aromatic carbocycles. The Kier molecular flexibility index (Phi) is 5.08. The highest BCUT2D eigenvalue weighted by Crippen LogP contribution is 2.21. The molecule has 1 fully saturated rings. The number of nitrogens with zero attached hydrogens (tertiary/aromatic N) is 1. The van der Waals surface area contributed by atoms with E-state index in [0.717, 1.165) is 0 Å². The minimum Gasteiger partial charge on any atom is -0.481 e. The summed E-state index contributed by atoms with van der Waals surface area (Å²) >= 11 is 0. The summed E-state index contributed by atoms with van der Waals surface area (Å²) in [7, 11) is -3.50. The van der Waals surface area contributed by atoms with Crippen molar-refractivity contribution in [3.63, 3.8) is 0 Å². The Hall–Kier alpha value is -2.67. The fraction of sp³-hybridized carbons (Fsp3) is 0.263. The summed E-state index contributed by atoms with van der Waals surface area (Å²) in [4.78, 5) is 25.1. The second-order valence-corrected chi connectivity index (χ2v) is 8.33. The third kappa shape index (κ3) is 3.94. The van der Waals surface area contributed by atoms with Crippen LogP contribution in [0.3, 0.4) is 0 Å². The molecule has 0 spiro atoms. The number of amides is 1. The fourth-order valence-corrected chi connectivity index (χ4v) is 4.36. The number of aliphatic carboxylic acids is 1. The van der Waals surface area contributed by atoms with Gasteiger partial charge in [0.1, 0.15) is 0 Å². The molecule has 1 N–H and O–H groups in total. The fourth-order valence-electron chi connectivity index (χ4n) is 3.01. The molecule has 0 saturated carbocycles. The van der Waals surface area contributed by atoms with Crippen molar-refractivity contribution in [2.45, 2.75) is 17.1 Å². The van der Waals surface area contributed by atoms with E-state index in [-0.39, 0.29) is 23.1 Å². The van der Waals surface area contributed by atoms with Crippen LogP contribution in [0.15, 0.2) is 59.5 Å². The molecular formula is C19H19NO5S. The zero-order valence-corrected chi connectivity index (χ0v) is 14.9. The number of hydrogen-bond donors (Lipinski definition) is 1. The lowest BCUT2D eigenvalue weighted by atomic mass is 10.1. The number of rotatable bonds is 5. The highest BCUT2D eigenvalue weighted by Gasteiger charge is 2.31. The molecule has 3 rings (SSSR count). The van der Waals surface area contributed by atoms with Gasteiger partial charge in [-0.2, -0.15) is 0 Å². The van der Waals surface area contributed by atoms with E-state index in [1.165, 1.54) is 29.2 Å². The van der Waals surface area contributed by atoms with Gasteiger partial charge in [0.2, 0.25) is 0 Å². The molecule has 7 heteroatoms. The van der Waals surface area contributed by atoms with Crippen LogP contribution in [0.5, 0.6) is 0 Å². The van der Waals surface area contributed by atoms with Crippen molar-refractivity contribution in [3.05, 3.63) is 65.7 Å². The van der Waals surface area contributed by atoms with Gasteiger partial charge in [-0.15, -0.1) is 0 Å². The average molecular weight is 373 g/mol. The maximum absolute atomic E-state index is 12.5. The predicted molar refractivity (Wildman–Crippen MR) is 95.4 cm³/mol. The third-order valence-electron chi connectivity index (χ3n) is 4.48. The largest absolute Gasteiger partial charge is 0.481 e. The molecule has 1 aliphatic heterocycles. The highest BCUT2D eigenvalue weighted by molar-refractivity contribution is 7.90. The van der Waals surface area contributed by atoms with Gasteiger partial charge >= 0.3 is 5.97 Å². The van der Waals surface area contributed by atoms with Crippen molar-refractivity contribution in [3.8, 4) is 0 Å². The van der Waals surface area contributed by atoms with Crippen LogP contribution in [0.2, 0.25) is 0 Å². The summed E-state index contributed by atoms with van der Waals surface area (Å²) in [6.45, 7) is 0.575. The Morgan fingerprint density at radius 3 is 2.27 bits per heavy atom. The third-order valence-corrected chi connectivity index (χ3v) is 6.19. The predicted octanol–water partition coefficient (Wildman–Crippen LogP) is 2.21. The van der Waals surface area contributed by atoms with Gasteiger partial charge in [0.25, 0.3) is 5.91 Å². The van der Waals surface area contributed by atoms with Crippen molar-refractivity contribution < 1.29 is 23.1 Å². The quantitative estimate of drug-likeness (QED) is 0.868. The molecule has 1 amide bonds. The van der Waals surface area contributed by atoms with E-state index in [4.69, 9.17) is 5.11 Å². The number of carbonyl (C=O) groups excluding carboxylic acids is 1. The van der Waals surface area contributed by atoms with Gasteiger partial charge in [-0.25, -0.2) is 8.42 Å². The van der Waals surface area contributed by atoms with Crippen LogP contribution in [-0.4, -0.2) is 43.4 Å². The van der Waals surface area contributed by atoms with Gasteiger partial charge < -0.3 is 10.0 Å². The molecule has 0 aromatic heterocycles. The zero-order valence-electron chi connectivity index (χ0n) is 14.0. The SMILES string of the molecule is O=C(O)[C@H]1CCN(C(=O)c2ccc(S(=O)(=O)Cc3ccccc3)cc2)C1. The Labute approximate surface area is 152 Å². The summed E-state index contributed by atoms with van der Waals surface area (Å²) in [5.41, 5.74) is 1.05. The van der Waals surface area contributed by atoms with Crippen LogP contribution >= 0.6 is 0 Å². The Morgan fingerprint density at radius 2 is 1.69 bits per heavy atom. The number of carboxylic acid groups (broad SMARTS) is 1. The van der Waals surface area contributed by atoms with Gasteiger partial charge in [0.05, 0.1) is 16.6 Å². The molecule has 1 heterocycles. The van der Waals surface area contributed by atoms with Crippen LogP contribution in [-0.2, 0) is 20.4 Å². The van der Waals surface area contributed by atoms with Gasteiger partial charge in [-0.05, 0) is 36.2 Å². The van der Waals surface area contributed by atoms with Crippen LogP contribution in [0.1, 0.15) is 22.3 Å². The van der Waals surface area contributed by atoms with Gasteiger partial charge in [0.15, 0.2) is 9.84 Å². The lowest BCUT2D eigenvalue weighted by Gasteiger charge is -2.16. The molecule has 26 heavy (non-hydrogen) atoms. The van der Waals surface area contributed by atoms with Gasteiger partial charge in [0, 0.05) is 18.7 Å². The number of carboxylic acids is 1. The summed E-state index contributed by atoms with van der Waals surface area (Å²) in [6.07, 6.45) is 0.435. The minimum absolute atomic E-state index is 0.104. The Bertz CT molecular complexity index is 907. The standard InChI is InChI=1S/C19H19NO5S/c21-18(20-11-10-16(12-20)19(22)23)15-6-8-17(9-7-15)26(24,25)13-14-4-2-1-3-5-14/h1-9,16H,10-13H2,(H,22,23)/t16-/m0/s1. The lowest BCUT2D eigenvalue weighted by Crippen LogP contribution is -2.29. The van der Waals surface area contributed by atoms with Crippen molar-refractivity contribution >= 4 is 21.7 Å². The van der Waals surface area contributed by atoms with Crippen LogP contribution < -0.4 is 0 Å². The number of carbonyl (C=O) groups is 2. The van der Waals surface area contributed by atoms with Gasteiger partial charge in [-0.1, -0.05) is 30.3 Å². The summed E-state index contributed by atoms with van der Waals surface area (Å²) in [5, 5.41) is 9.03. The number of benzene rings is 2. The smallest absolute Gasteiger partial charge is 0.308 e. The van der Waals surface area contributed by atoms with E-state index in [1.807, 2.05) is 6.07 Å². The molecule has 6 nitrogen and oxygen atoms in total. The molecule has 1 saturated heterocycles. The second-order valence-electron chi connectivity index (χ2n) is 6.34. The molecule has 0 radical (unpaired) electrons. The molecule has 136 valence electrons. The summed E-state index contributed by atoms with van der Waals surface area (Å²) in [6, 6.07) is 14.7. The molecule has 0 aliphatic carbocycles. The first-order valence-electron chi connectivity index (χ1n) is 8.25. The first-order chi connectivity index (χ1) is 12.4. The van der Waals surface area contributed by atoms with E-state index >= 15 is 0 Å². The van der Waals surface area contributed by atoms with E-state index in [9.17, 15) is 18.0 Å². The van der Waals surface area contributed by atoms with E-state index < -0.39 is 21.7 Å². The number of likely N-dealkylation sites (tertiary alicyclic amines) is 1. The Morgan fingerprint density at radius 1 is 1.04 bits per heavy atom. The van der Waals surface area contributed by atoms with Crippen LogP contribution in [0.4, 0.5) is 0 Å². The van der Waals surface area contributed by atoms with Gasteiger partial charge in [-0.3, -0.25) is 9.59 Å². The van der Waals surface area contributed by atoms with Crippen molar-refractivity contribution in [1.82, 2.24) is 4.90 Å². The average Bonchev–Trinajstić information content (AvgIpc) is 3.12. The summed E-state index contributed by atoms with van der Waals surface area (Å²) in [5.74, 6) is -1.82. The number of hydrogen-bond acceptors (Lipinski definition) is 4. The molecule has 1 atom stereocenters. The number of sulfone groups is 1.